The lowest BCUT2D eigenvalue weighted by atomic mass is 10.1. The second kappa shape index (κ2) is 4.96. The molecule has 0 fully saturated rings. The van der Waals surface area contributed by atoms with Crippen LogP contribution in [0, 0.1) is 12.9 Å². The van der Waals surface area contributed by atoms with E-state index in [9.17, 15) is 18.0 Å². The number of alkyl halides is 2. The average molecular weight is 233 g/mol. The number of methoxy groups -OCH3 is 1. The molecule has 1 rings (SSSR count). The Balaban J connectivity index is 3.05. The van der Waals surface area contributed by atoms with Crippen molar-refractivity contribution in [2.24, 2.45) is 0 Å². The number of halogens is 3. The summed E-state index contributed by atoms with van der Waals surface area (Å²) in [5, 5.41) is 0. The zero-order valence-electron chi connectivity index (χ0n) is 8.76. The van der Waals surface area contributed by atoms with Gasteiger partial charge in [0.2, 0.25) is 5.95 Å². The van der Waals surface area contributed by atoms with Gasteiger partial charge in [-0.1, -0.05) is 0 Å². The van der Waals surface area contributed by atoms with E-state index in [0.717, 1.165) is 0 Å². The predicted octanol–water partition coefficient (Wildman–Crippen LogP) is 2.18. The number of hydrogen-bond acceptors (Lipinski definition) is 3. The van der Waals surface area contributed by atoms with E-state index in [4.69, 9.17) is 0 Å². The number of carbonyl (C=O) groups excluding carboxylic acids is 1. The number of rotatable bonds is 3. The van der Waals surface area contributed by atoms with E-state index in [2.05, 4.69) is 9.72 Å². The standard InChI is InChI=1S/C10H10F3NO2/c1-5-3-6(4-7(15)16-2)14-10(13)8(5)9(11)12/h3,9H,4H2,1-2H3. The highest BCUT2D eigenvalue weighted by molar-refractivity contribution is 5.71. The molecule has 88 valence electrons. The van der Waals surface area contributed by atoms with Gasteiger partial charge in [-0.2, -0.15) is 4.39 Å². The Morgan fingerprint density at radius 1 is 1.56 bits per heavy atom. The second-order valence-corrected chi connectivity index (χ2v) is 3.19. The molecule has 1 aromatic heterocycles. The molecule has 1 aromatic rings. The van der Waals surface area contributed by atoms with Crippen molar-refractivity contribution in [3.8, 4) is 0 Å². The Hall–Kier alpha value is -1.59. The highest BCUT2D eigenvalue weighted by Gasteiger charge is 2.19. The van der Waals surface area contributed by atoms with Crippen LogP contribution in [0.4, 0.5) is 13.2 Å². The van der Waals surface area contributed by atoms with Crippen molar-refractivity contribution < 1.29 is 22.7 Å². The fourth-order valence-corrected chi connectivity index (χ4v) is 1.28. The van der Waals surface area contributed by atoms with E-state index >= 15 is 0 Å². The lowest BCUT2D eigenvalue weighted by Gasteiger charge is -2.07. The molecule has 16 heavy (non-hydrogen) atoms. The topological polar surface area (TPSA) is 39.2 Å². The Labute approximate surface area is 90.2 Å². The first-order valence-electron chi connectivity index (χ1n) is 4.46. The van der Waals surface area contributed by atoms with Gasteiger partial charge < -0.3 is 4.74 Å². The molecule has 0 spiro atoms. The molecule has 0 N–H and O–H groups in total. The Bertz CT molecular complexity index is 384. The van der Waals surface area contributed by atoms with Crippen LogP contribution in [0.2, 0.25) is 0 Å². The molecule has 1 heterocycles. The minimum Gasteiger partial charge on any atom is -0.469 e. The maximum atomic E-state index is 13.2. The molecule has 0 bridgehead atoms. The minimum atomic E-state index is -2.92. The van der Waals surface area contributed by atoms with Gasteiger partial charge in [0, 0.05) is 0 Å². The molecule has 0 atom stereocenters. The number of hydrogen-bond donors (Lipinski definition) is 0. The second-order valence-electron chi connectivity index (χ2n) is 3.19. The van der Waals surface area contributed by atoms with Crippen molar-refractivity contribution >= 4 is 5.97 Å². The van der Waals surface area contributed by atoms with E-state index < -0.39 is 23.9 Å². The third kappa shape index (κ3) is 2.71. The molecule has 0 aliphatic carbocycles. The zero-order chi connectivity index (χ0) is 12.3. The first kappa shape index (κ1) is 12.5. The van der Waals surface area contributed by atoms with Crippen LogP contribution in [0.15, 0.2) is 6.07 Å². The number of nitrogens with zero attached hydrogens (tertiary/aromatic N) is 1. The van der Waals surface area contributed by atoms with Gasteiger partial charge in [0.1, 0.15) is 0 Å². The van der Waals surface area contributed by atoms with Crippen LogP contribution in [-0.2, 0) is 16.0 Å². The van der Waals surface area contributed by atoms with Crippen molar-refractivity contribution in [2.45, 2.75) is 19.8 Å². The van der Waals surface area contributed by atoms with Gasteiger partial charge in [0.25, 0.3) is 6.43 Å². The summed E-state index contributed by atoms with van der Waals surface area (Å²) in [6.45, 7) is 1.34. The maximum Gasteiger partial charge on any atom is 0.311 e. The molecular formula is C10H10F3NO2. The van der Waals surface area contributed by atoms with E-state index in [1.54, 1.807) is 0 Å². The predicted molar refractivity (Wildman–Crippen MR) is 49.6 cm³/mol. The molecule has 0 aromatic carbocycles. The van der Waals surface area contributed by atoms with Gasteiger partial charge in [0.05, 0.1) is 24.8 Å². The van der Waals surface area contributed by atoms with Crippen molar-refractivity contribution in [1.82, 2.24) is 4.98 Å². The summed E-state index contributed by atoms with van der Waals surface area (Å²) in [6.07, 6.45) is -3.16. The van der Waals surface area contributed by atoms with Gasteiger partial charge in [0.15, 0.2) is 0 Å². The van der Waals surface area contributed by atoms with Crippen LogP contribution in [0.3, 0.4) is 0 Å². The number of aromatic nitrogens is 1. The summed E-state index contributed by atoms with van der Waals surface area (Å²) in [4.78, 5) is 14.2. The van der Waals surface area contributed by atoms with E-state index in [0.29, 0.717) is 0 Å². The third-order valence-corrected chi connectivity index (χ3v) is 2.04. The van der Waals surface area contributed by atoms with Crippen LogP contribution in [0.5, 0.6) is 0 Å². The highest BCUT2D eigenvalue weighted by atomic mass is 19.3. The van der Waals surface area contributed by atoms with Crippen molar-refractivity contribution in [3.05, 3.63) is 28.8 Å². The fourth-order valence-electron chi connectivity index (χ4n) is 1.28. The van der Waals surface area contributed by atoms with Gasteiger partial charge in [-0.05, 0) is 18.6 Å². The molecule has 0 saturated carbocycles. The molecule has 0 saturated heterocycles. The van der Waals surface area contributed by atoms with Gasteiger partial charge >= 0.3 is 5.97 Å². The van der Waals surface area contributed by atoms with Crippen LogP contribution in [-0.4, -0.2) is 18.1 Å². The number of aryl methyl sites for hydroxylation is 1. The average Bonchev–Trinajstić information content (AvgIpc) is 2.15. The van der Waals surface area contributed by atoms with Gasteiger partial charge in [-0.25, -0.2) is 13.8 Å². The minimum absolute atomic E-state index is 0.0707. The zero-order valence-corrected chi connectivity index (χ0v) is 8.76. The summed E-state index contributed by atoms with van der Waals surface area (Å²) < 4.78 is 42.3. The van der Waals surface area contributed by atoms with E-state index in [-0.39, 0.29) is 17.7 Å². The largest absolute Gasteiger partial charge is 0.469 e. The molecule has 0 aliphatic rings. The first-order chi connectivity index (χ1) is 7.45. The SMILES string of the molecule is COC(=O)Cc1cc(C)c(C(F)F)c(F)n1. The molecule has 0 unspecified atom stereocenters. The Morgan fingerprint density at radius 3 is 2.62 bits per heavy atom. The smallest absolute Gasteiger partial charge is 0.311 e. The quantitative estimate of drug-likeness (QED) is 0.593. The molecular weight excluding hydrogens is 223 g/mol. The monoisotopic (exact) mass is 233 g/mol. The number of ether oxygens (including phenoxy) is 1. The van der Waals surface area contributed by atoms with Crippen molar-refractivity contribution in [1.29, 1.82) is 0 Å². The normalized spacial score (nSPS) is 10.6. The molecule has 0 radical (unpaired) electrons. The van der Waals surface area contributed by atoms with Crippen LogP contribution in [0.1, 0.15) is 23.2 Å². The number of carbonyl (C=O) groups is 1. The van der Waals surface area contributed by atoms with E-state index in [1.807, 2.05) is 0 Å². The molecule has 0 aliphatic heterocycles. The summed E-state index contributed by atoms with van der Waals surface area (Å²) in [5.74, 6) is -1.84. The summed E-state index contributed by atoms with van der Waals surface area (Å²) in [7, 11) is 1.18. The summed E-state index contributed by atoms with van der Waals surface area (Å²) in [5.41, 5.74) is -0.582. The highest BCUT2D eigenvalue weighted by Crippen LogP contribution is 2.25. The van der Waals surface area contributed by atoms with Crippen LogP contribution in [0.25, 0.3) is 0 Å². The lowest BCUT2D eigenvalue weighted by molar-refractivity contribution is -0.139. The van der Waals surface area contributed by atoms with Crippen molar-refractivity contribution in [2.75, 3.05) is 7.11 Å². The first-order valence-corrected chi connectivity index (χ1v) is 4.46. The Kier molecular flexibility index (Phi) is 3.87. The number of pyridine rings is 1. The molecule has 0 amide bonds. The van der Waals surface area contributed by atoms with Gasteiger partial charge in [-0.15, -0.1) is 0 Å². The summed E-state index contributed by atoms with van der Waals surface area (Å²) in [6, 6.07) is 1.25. The lowest BCUT2D eigenvalue weighted by Crippen LogP contribution is -2.09. The van der Waals surface area contributed by atoms with Crippen molar-refractivity contribution in [3.63, 3.8) is 0 Å². The number of esters is 1. The maximum absolute atomic E-state index is 13.2. The third-order valence-electron chi connectivity index (χ3n) is 2.04. The van der Waals surface area contributed by atoms with Crippen LogP contribution >= 0.6 is 0 Å². The molecule has 3 nitrogen and oxygen atoms in total. The Morgan fingerprint density at radius 2 is 2.19 bits per heavy atom. The van der Waals surface area contributed by atoms with Crippen LogP contribution < -0.4 is 0 Å². The molecule has 6 heteroatoms. The summed E-state index contributed by atoms with van der Waals surface area (Å²) >= 11 is 0. The van der Waals surface area contributed by atoms with E-state index in [1.165, 1.54) is 20.1 Å². The fraction of sp³-hybridized carbons (Fsp3) is 0.400. The van der Waals surface area contributed by atoms with Gasteiger partial charge in [-0.3, -0.25) is 4.79 Å².